The van der Waals surface area contributed by atoms with Gasteiger partial charge < -0.3 is 4.98 Å². The third-order valence-electron chi connectivity index (χ3n) is 3.66. The molecule has 0 aliphatic carbocycles. The molecule has 2 aromatic heterocycles. The highest BCUT2D eigenvalue weighted by Gasteiger charge is 2.24. The van der Waals surface area contributed by atoms with E-state index in [2.05, 4.69) is 25.9 Å². The van der Waals surface area contributed by atoms with E-state index >= 15 is 0 Å². The average Bonchev–Trinajstić information content (AvgIpc) is 2.93. The first kappa shape index (κ1) is 15.8. The number of pyridine rings is 1. The molecule has 0 aliphatic rings. The lowest BCUT2D eigenvalue weighted by atomic mass is 9.98. The van der Waals surface area contributed by atoms with Gasteiger partial charge >= 0.3 is 0 Å². The molecule has 0 atom stereocenters. The summed E-state index contributed by atoms with van der Waals surface area (Å²) in [6.45, 7) is 1.90. The van der Waals surface area contributed by atoms with E-state index in [4.69, 9.17) is 0 Å². The molecular formula is C17H13BrF2N2O. The molecule has 3 aromatic rings. The summed E-state index contributed by atoms with van der Waals surface area (Å²) in [5, 5.41) is 0.518. The van der Waals surface area contributed by atoms with Crippen LogP contribution in [0.2, 0.25) is 0 Å². The second kappa shape index (κ2) is 6.20. The van der Waals surface area contributed by atoms with Crippen LogP contribution in [0, 0.1) is 11.6 Å². The number of halogens is 3. The van der Waals surface area contributed by atoms with Gasteiger partial charge in [0.15, 0.2) is 0 Å². The van der Waals surface area contributed by atoms with Gasteiger partial charge in [0.05, 0.1) is 5.56 Å². The Morgan fingerprint density at radius 3 is 2.87 bits per heavy atom. The average molecular weight is 379 g/mol. The number of ketones is 1. The van der Waals surface area contributed by atoms with E-state index in [1.54, 1.807) is 12.3 Å². The molecule has 3 nitrogen and oxygen atoms in total. The smallest absolute Gasteiger partial charge is 0.201 e. The number of aryl methyl sites for hydroxylation is 1. The fourth-order valence-electron chi connectivity index (χ4n) is 2.57. The van der Waals surface area contributed by atoms with Crippen LogP contribution in [-0.2, 0) is 6.42 Å². The van der Waals surface area contributed by atoms with Crippen LogP contribution in [-0.4, -0.2) is 15.8 Å². The van der Waals surface area contributed by atoms with E-state index in [9.17, 15) is 13.6 Å². The van der Waals surface area contributed by atoms with Gasteiger partial charge in [-0.3, -0.25) is 4.79 Å². The van der Waals surface area contributed by atoms with Crippen molar-refractivity contribution in [3.8, 4) is 0 Å². The van der Waals surface area contributed by atoms with Gasteiger partial charge in [-0.1, -0.05) is 19.4 Å². The number of aromatic nitrogens is 2. The molecule has 0 saturated carbocycles. The molecule has 6 heteroatoms. The van der Waals surface area contributed by atoms with Crippen molar-refractivity contribution in [2.24, 2.45) is 0 Å². The second-order valence-electron chi connectivity index (χ2n) is 5.23. The minimum absolute atomic E-state index is 0.195. The van der Waals surface area contributed by atoms with Gasteiger partial charge in [0, 0.05) is 27.8 Å². The standard InChI is InChI=1S/C17H13BrF2N2O/c1-2-3-9-4-5-13(19)14(15(9)20)16(23)12-8-22-17-11(12)6-10(18)7-21-17/h4-8H,2-3H2,1H3,(H,21,22). The lowest BCUT2D eigenvalue weighted by Crippen LogP contribution is -2.09. The second-order valence-corrected chi connectivity index (χ2v) is 6.14. The minimum atomic E-state index is -0.857. The summed E-state index contributed by atoms with van der Waals surface area (Å²) in [5.41, 5.74) is 0.510. The molecule has 23 heavy (non-hydrogen) atoms. The first-order valence-electron chi connectivity index (χ1n) is 7.17. The van der Waals surface area contributed by atoms with Crippen LogP contribution in [0.3, 0.4) is 0 Å². The quantitative estimate of drug-likeness (QED) is 0.663. The lowest BCUT2D eigenvalue weighted by molar-refractivity contribution is 0.103. The van der Waals surface area contributed by atoms with Crippen molar-refractivity contribution >= 4 is 32.7 Å². The van der Waals surface area contributed by atoms with Gasteiger partial charge in [-0.05, 0) is 40.0 Å². The number of fused-ring (bicyclic) bond motifs is 1. The molecule has 0 fully saturated rings. The van der Waals surface area contributed by atoms with Gasteiger partial charge in [-0.25, -0.2) is 13.8 Å². The van der Waals surface area contributed by atoms with Crippen molar-refractivity contribution in [3.05, 3.63) is 63.4 Å². The molecule has 0 saturated heterocycles. The highest BCUT2D eigenvalue weighted by molar-refractivity contribution is 9.10. The maximum atomic E-state index is 14.5. The zero-order valence-corrected chi connectivity index (χ0v) is 13.9. The summed E-state index contributed by atoms with van der Waals surface area (Å²) >= 11 is 3.28. The summed E-state index contributed by atoms with van der Waals surface area (Å²) < 4.78 is 29.3. The van der Waals surface area contributed by atoms with Crippen molar-refractivity contribution in [2.75, 3.05) is 0 Å². The molecule has 118 valence electrons. The molecule has 0 amide bonds. The van der Waals surface area contributed by atoms with Gasteiger partial charge in [-0.2, -0.15) is 0 Å². The van der Waals surface area contributed by atoms with E-state index < -0.39 is 23.0 Å². The molecule has 0 radical (unpaired) electrons. The summed E-state index contributed by atoms with van der Waals surface area (Å²) in [5.74, 6) is -2.33. The summed E-state index contributed by atoms with van der Waals surface area (Å²) in [6.07, 6.45) is 4.17. The molecule has 1 N–H and O–H groups in total. The molecule has 1 aromatic carbocycles. The molecule has 0 aliphatic heterocycles. The Kier molecular flexibility index (Phi) is 4.26. The van der Waals surface area contributed by atoms with Crippen molar-refractivity contribution in [1.82, 2.24) is 9.97 Å². The molecule has 2 heterocycles. The fraction of sp³-hybridized carbons (Fsp3) is 0.176. The van der Waals surface area contributed by atoms with E-state index in [0.717, 1.165) is 6.07 Å². The molecule has 0 spiro atoms. The molecule has 0 bridgehead atoms. The first-order chi connectivity index (χ1) is 11.0. The normalized spacial score (nSPS) is 11.1. The largest absolute Gasteiger partial charge is 0.345 e. The van der Waals surface area contributed by atoms with E-state index in [0.29, 0.717) is 33.9 Å². The molecule has 0 unspecified atom stereocenters. The third kappa shape index (κ3) is 2.79. The van der Waals surface area contributed by atoms with Crippen LogP contribution in [0.1, 0.15) is 34.8 Å². The Morgan fingerprint density at radius 1 is 1.35 bits per heavy atom. The molecule has 3 rings (SSSR count). The minimum Gasteiger partial charge on any atom is -0.345 e. The number of H-pyrrole nitrogens is 1. The number of nitrogens with one attached hydrogen (secondary N) is 1. The Bertz CT molecular complexity index is 905. The summed E-state index contributed by atoms with van der Waals surface area (Å²) in [7, 11) is 0. The van der Waals surface area contributed by atoms with Crippen LogP contribution in [0.15, 0.2) is 35.1 Å². The van der Waals surface area contributed by atoms with Crippen molar-refractivity contribution in [3.63, 3.8) is 0 Å². The van der Waals surface area contributed by atoms with Gasteiger partial charge in [0.25, 0.3) is 0 Å². The number of carbonyl (C=O) groups is 1. The Balaban J connectivity index is 2.16. The zero-order valence-electron chi connectivity index (χ0n) is 12.3. The number of carbonyl (C=O) groups excluding carboxylic acids is 1. The summed E-state index contributed by atoms with van der Waals surface area (Å²) in [4.78, 5) is 19.7. The Labute approximate surface area is 139 Å². The lowest BCUT2D eigenvalue weighted by Gasteiger charge is -2.08. The number of benzene rings is 1. The van der Waals surface area contributed by atoms with Crippen molar-refractivity contribution in [1.29, 1.82) is 0 Å². The number of rotatable bonds is 4. The Morgan fingerprint density at radius 2 is 2.13 bits per heavy atom. The first-order valence-corrected chi connectivity index (χ1v) is 7.96. The predicted molar refractivity (Wildman–Crippen MR) is 87.6 cm³/mol. The van der Waals surface area contributed by atoms with Crippen LogP contribution >= 0.6 is 15.9 Å². The third-order valence-corrected chi connectivity index (χ3v) is 4.09. The van der Waals surface area contributed by atoms with Crippen LogP contribution < -0.4 is 0 Å². The van der Waals surface area contributed by atoms with E-state index in [-0.39, 0.29) is 5.56 Å². The van der Waals surface area contributed by atoms with Crippen LogP contribution in [0.25, 0.3) is 11.0 Å². The number of nitrogens with zero attached hydrogens (tertiary/aromatic N) is 1. The van der Waals surface area contributed by atoms with Crippen molar-refractivity contribution < 1.29 is 13.6 Å². The molecular weight excluding hydrogens is 366 g/mol. The predicted octanol–water partition coefficient (Wildman–Crippen LogP) is 4.79. The maximum absolute atomic E-state index is 14.5. The van der Waals surface area contributed by atoms with E-state index in [1.165, 1.54) is 12.3 Å². The zero-order chi connectivity index (χ0) is 16.6. The Hall–Kier alpha value is -2.08. The SMILES string of the molecule is CCCc1ccc(F)c(C(=O)c2c[nH]c3ncc(Br)cc23)c1F. The number of aromatic amines is 1. The van der Waals surface area contributed by atoms with Crippen LogP contribution in [0.5, 0.6) is 0 Å². The van der Waals surface area contributed by atoms with Gasteiger partial charge in [-0.15, -0.1) is 0 Å². The number of hydrogen-bond donors (Lipinski definition) is 1. The fourth-order valence-corrected chi connectivity index (χ4v) is 2.90. The van der Waals surface area contributed by atoms with Crippen LogP contribution in [0.4, 0.5) is 8.78 Å². The van der Waals surface area contributed by atoms with E-state index in [1.807, 2.05) is 6.92 Å². The van der Waals surface area contributed by atoms with Crippen molar-refractivity contribution in [2.45, 2.75) is 19.8 Å². The highest BCUT2D eigenvalue weighted by atomic mass is 79.9. The summed E-state index contributed by atoms with van der Waals surface area (Å²) in [6, 6.07) is 4.22. The topological polar surface area (TPSA) is 45.8 Å². The maximum Gasteiger partial charge on any atom is 0.201 e. The van der Waals surface area contributed by atoms with Gasteiger partial charge in [0.2, 0.25) is 5.78 Å². The van der Waals surface area contributed by atoms with Gasteiger partial charge in [0.1, 0.15) is 17.3 Å². The number of hydrogen-bond acceptors (Lipinski definition) is 2. The monoisotopic (exact) mass is 378 g/mol. The highest BCUT2D eigenvalue weighted by Crippen LogP contribution is 2.26.